The van der Waals surface area contributed by atoms with Crippen molar-refractivity contribution >= 4 is 21.2 Å². The molecule has 5 heteroatoms. The Labute approximate surface area is 217 Å². The molecule has 1 atom stereocenters. The van der Waals surface area contributed by atoms with Gasteiger partial charge in [-0.1, -0.05) is 75.6 Å². The highest BCUT2D eigenvalue weighted by Crippen LogP contribution is 2.45. The van der Waals surface area contributed by atoms with Gasteiger partial charge in [0.1, 0.15) is 12.4 Å². The Morgan fingerprint density at radius 1 is 0.917 bits per heavy atom. The number of rotatable bonds is 14. The number of para-hydroxylation sites is 1. The van der Waals surface area contributed by atoms with Crippen LogP contribution >= 0.6 is 0 Å². The molecule has 36 heavy (non-hydrogen) atoms. The van der Waals surface area contributed by atoms with Crippen molar-refractivity contribution in [3.8, 4) is 5.75 Å². The molecule has 192 valence electrons. The maximum atomic E-state index is 13.3. The van der Waals surface area contributed by atoms with E-state index in [2.05, 4.69) is 37.4 Å². The predicted octanol–water partition coefficient (Wildman–Crippen LogP) is 8.27. The van der Waals surface area contributed by atoms with Crippen molar-refractivity contribution in [2.75, 3.05) is 11.1 Å². The highest BCUT2D eigenvalue weighted by Gasteiger charge is 2.27. The van der Waals surface area contributed by atoms with Crippen LogP contribution < -0.4 is 10.1 Å². The van der Waals surface area contributed by atoms with Gasteiger partial charge in [0, 0.05) is 5.69 Å². The second-order valence-electron chi connectivity index (χ2n) is 9.94. The molecule has 0 aliphatic heterocycles. The minimum Gasteiger partial charge on any atom is -0.489 e. The molecule has 4 rings (SSSR count). The van der Waals surface area contributed by atoms with Crippen LogP contribution in [-0.2, 0) is 16.4 Å². The molecule has 0 radical (unpaired) electrons. The summed E-state index contributed by atoms with van der Waals surface area (Å²) in [4.78, 5) is 0.389. The highest BCUT2D eigenvalue weighted by molar-refractivity contribution is 7.91. The zero-order valence-electron chi connectivity index (χ0n) is 21.6. The van der Waals surface area contributed by atoms with Crippen LogP contribution in [0.25, 0.3) is 0 Å². The molecule has 0 spiro atoms. The summed E-state index contributed by atoms with van der Waals surface area (Å²) in [6, 6.07) is 23.5. The predicted molar refractivity (Wildman–Crippen MR) is 149 cm³/mol. The van der Waals surface area contributed by atoms with E-state index in [0.29, 0.717) is 35.4 Å². The van der Waals surface area contributed by atoms with E-state index >= 15 is 0 Å². The first-order valence-corrected chi connectivity index (χ1v) is 15.0. The summed E-state index contributed by atoms with van der Waals surface area (Å²) in [6.07, 6.45) is 7.40. The Hall–Kier alpha value is -2.79. The third-order valence-corrected chi connectivity index (χ3v) is 8.93. The van der Waals surface area contributed by atoms with Gasteiger partial charge in [0.15, 0.2) is 9.84 Å². The van der Waals surface area contributed by atoms with Gasteiger partial charge in [0.05, 0.1) is 16.3 Å². The van der Waals surface area contributed by atoms with Gasteiger partial charge in [-0.2, -0.15) is 0 Å². The monoisotopic (exact) mass is 505 g/mol. The number of hydrogen-bond acceptors (Lipinski definition) is 4. The summed E-state index contributed by atoms with van der Waals surface area (Å²) < 4.78 is 32.7. The SMILES string of the molecule is CCCC(CC)CCCS(=O)(=O)c1ccccc1Nc1ccc(OCc2ccccc2)cc1C1CC1. The average molecular weight is 506 g/mol. The zero-order chi connectivity index (χ0) is 25.4. The van der Waals surface area contributed by atoms with E-state index in [1.807, 2.05) is 48.5 Å². The average Bonchev–Trinajstić information content (AvgIpc) is 3.74. The molecule has 3 aromatic carbocycles. The van der Waals surface area contributed by atoms with E-state index in [1.54, 1.807) is 6.07 Å². The highest BCUT2D eigenvalue weighted by atomic mass is 32.2. The number of ether oxygens (including phenoxy) is 1. The van der Waals surface area contributed by atoms with Crippen molar-refractivity contribution in [1.29, 1.82) is 0 Å². The fraction of sp³-hybridized carbons (Fsp3) is 0.419. The van der Waals surface area contributed by atoms with Crippen LogP contribution in [0, 0.1) is 5.92 Å². The molecule has 1 saturated carbocycles. The van der Waals surface area contributed by atoms with E-state index in [9.17, 15) is 8.42 Å². The normalized spacial score (nSPS) is 14.4. The molecule has 0 heterocycles. The molecule has 0 bridgehead atoms. The molecule has 1 fully saturated rings. The van der Waals surface area contributed by atoms with Crippen LogP contribution in [0.5, 0.6) is 5.75 Å². The van der Waals surface area contributed by atoms with Crippen LogP contribution in [0.3, 0.4) is 0 Å². The first-order valence-electron chi connectivity index (χ1n) is 13.4. The standard InChI is InChI=1S/C31H39NO3S/c1-3-11-24(4-2)14-10-21-36(33,34)31-16-9-8-15-30(31)32-29-20-19-27(22-28(29)26-17-18-26)35-23-25-12-6-5-7-13-25/h5-9,12-13,15-16,19-20,22,24,26,32H,3-4,10-11,14,17-18,21,23H2,1-2H3. The number of benzene rings is 3. The van der Waals surface area contributed by atoms with Crippen LogP contribution in [0.1, 0.15) is 75.8 Å². The van der Waals surface area contributed by atoms with Crippen molar-refractivity contribution in [1.82, 2.24) is 0 Å². The van der Waals surface area contributed by atoms with Crippen molar-refractivity contribution in [3.63, 3.8) is 0 Å². The maximum Gasteiger partial charge on any atom is 0.180 e. The first kappa shape index (κ1) is 26.3. The molecule has 0 amide bonds. The fourth-order valence-corrected chi connectivity index (χ4v) is 6.34. The van der Waals surface area contributed by atoms with Gasteiger partial charge in [-0.05, 0) is 79.0 Å². The summed E-state index contributed by atoms with van der Waals surface area (Å²) in [5.74, 6) is 2.13. The third kappa shape index (κ3) is 7.13. The van der Waals surface area contributed by atoms with E-state index in [4.69, 9.17) is 4.74 Å². The molecule has 0 aromatic heterocycles. The molecule has 4 nitrogen and oxygen atoms in total. The van der Waals surface area contributed by atoms with Crippen LogP contribution in [0.4, 0.5) is 11.4 Å². The molecular formula is C31H39NO3S. The molecule has 1 aliphatic carbocycles. The topological polar surface area (TPSA) is 55.4 Å². The Kier molecular flexibility index (Phi) is 9.08. The lowest BCUT2D eigenvalue weighted by molar-refractivity contribution is 0.306. The van der Waals surface area contributed by atoms with Crippen molar-refractivity contribution in [2.45, 2.75) is 76.2 Å². The molecule has 3 aromatic rings. The first-order chi connectivity index (χ1) is 17.5. The third-order valence-electron chi connectivity index (χ3n) is 7.08. The summed E-state index contributed by atoms with van der Waals surface area (Å²) in [7, 11) is -3.38. The quantitative estimate of drug-likeness (QED) is 0.239. The largest absolute Gasteiger partial charge is 0.489 e. The van der Waals surface area contributed by atoms with Gasteiger partial charge in [-0.15, -0.1) is 0 Å². The molecule has 0 saturated heterocycles. The van der Waals surface area contributed by atoms with E-state index < -0.39 is 9.84 Å². The van der Waals surface area contributed by atoms with Crippen molar-refractivity contribution in [3.05, 3.63) is 83.9 Å². The number of sulfone groups is 1. The van der Waals surface area contributed by atoms with Gasteiger partial charge >= 0.3 is 0 Å². The minimum atomic E-state index is -3.38. The summed E-state index contributed by atoms with van der Waals surface area (Å²) in [6.45, 7) is 4.92. The maximum absolute atomic E-state index is 13.3. The van der Waals surface area contributed by atoms with Gasteiger partial charge in [-0.3, -0.25) is 0 Å². The number of anilines is 2. The smallest absolute Gasteiger partial charge is 0.180 e. The lowest BCUT2D eigenvalue weighted by Crippen LogP contribution is -2.11. The zero-order valence-corrected chi connectivity index (χ0v) is 22.4. The summed E-state index contributed by atoms with van der Waals surface area (Å²) in [5, 5.41) is 3.47. The second kappa shape index (κ2) is 12.4. The van der Waals surface area contributed by atoms with Gasteiger partial charge < -0.3 is 10.1 Å². The van der Waals surface area contributed by atoms with Gasteiger partial charge in [0.2, 0.25) is 0 Å². The Morgan fingerprint density at radius 2 is 1.67 bits per heavy atom. The van der Waals surface area contributed by atoms with E-state index in [-0.39, 0.29) is 5.75 Å². The van der Waals surface area contributed by atoms with E-state index in [1.165, 1.54) is 12.0 Å². The lowest BCUT2D eigenvalue weighted by Gasteiger charge is -2.17. The second-order valence-corrected chi connectivity index (χ2v) is 12.0. The lowest BCUT2D eigenvalue weighted by atomic mass is 9.96. The molecule has 1 aliphatic rings. The van der Waals surface area contributed by atoms with Crippen LogP contribution in [0.2, 0.25) is 0 Å². The van der Waals surface area contributed by atoms with E-state index in [0.717, 1.165) is 49.1 Å². The Bertz CT molecular complexity index is 1220. The summed E-state index contributed by atoms with van der Waals surface area (Å²) in [5.41, 5.74) is 3.93. The minimum absolute atomic E-state index is 0.188. The van der Waals surface area contributed by atoms with Gasteiger partial charge in [0.25, 0.3) is 0 Å². The van der Waals surface area contributed by atoms with Crippen molar-refractivity contribution in [2.24, 2.45) is 5.92 Å². The Balaban J connectivity index is 1.48. The van der Waals surface area contributed by atoms with Crippen molar-refractivity contribution < 1.29 is 13.2 Å². The van der Waals surface area contributed by atoms with Crippen LogP contribution in [0.15, 0.2) is 77.7 Å². The molecule has 1 unspecified atom stereocenters. The van der Waals surface area contributed by atoms with Gasteiger partial charge in [-0.25, -0.2) is 8.42 Å². The number of hydrogen-bond donors (Lipinski definition) is 1. The molecule has 1 N–H and O–H groups in total. The Morgan fingerprint density at radius 3 is 2.39 bits per heavy atom. The van der Waals surface area contributed by atoms with Crippen LogP contribution in [-0.4, -0.2) is 14.2 Å². The number of nitrogens with one attached hydrogen (secondary N) is 1. The molecular weight excluding hydrogens is 466 g/mol. The fourth-order valence-electron chi connectivity index (χ4n) is 4.84. The summed E-state index contributed by atoms with van der Waals surface area (Å²) >= 11 is 0.